The molecule has 0 radical (unpaired) electrons. The van der Waals surface area contributed by atoms with Crippen molar-refractivity contribution in [2.45, 2.75) is 13.3 Å². The minimum absolute atomic E-state index is 0.0487. The molecule has 1 amide bonds. The summed E-state index contributed by atoms with van der Waals surface area (Å²) in [5.41, 5.74) is 1.99. The Balaban J connectivity index is 1.89. The molecule has 1 aromatic heterocycles. The first-order chi connectivity index (χ1) is 9.20. The van der Waals surface area contributed by atoms with Crippen LogP contribution < -0.4 is 10.6 Å². The van der Waals surface area contributed by atoms with E-state index in [9.17, 15) is 4.79 Å². The molecule has 0 atom stereocenters. The summed E-state index contributed by atoms with van der Waals surface area (Å²) in [6.07, 6.45) is 0.837. The summed E-state index contributed by atoms with van der Waals surface area (Å²) >= 11 is 1.38. The molecule has 19 heavy (non-hydrogen) atoms. The van der Waals surface area contributed by atoms with Crippen molar-refractivity contribution in [2.24, 2.45) is 0 Å². The van der Waals surface area contributed by atoms with Crippen LogP contribution in [-0.2, 0) is 6.42 Å². The Morgan fingerprint density at radius 2 is 2.05 bits per heavy atom. The molecule has 0 aliphatic rings. The van der Waals surface area contributed by atoms with Crippen molar-refractivity contribution < 1.29 is 4.79 Å². The minimum atomic E-state index is -0.0487. The van der Waals surface area contributed by atoms with Crippen LogP contribution in [0.5, 0.6) is 0 Å². The van der Waals surface area contributed by atoms with Gasteiger partial charge in [-0.05, 0) is 18.9 Å². The number of benzene rings is 1. The van der Waals surface area contributed by atoms with E-state index in [1.807, 2.05) is 25.1 Å². The number of thiazole rings is 1. The third kappa shape index (κ3) is 3.54. The van der Waals surface area contributed by atoms with E-state index in [1.54, 1.807) is 7.05 Å². The summed E-state index contributed by atoms with van der Waals surface area (Å²) in [5, 5.41) is 6.65. The number of anilines is 1. The van der Waals surface area contributed by atoms with E-state index in [0.29, 0.717) is 11.4 Å². The first kappa shape index (κ1) is 13.5. The van der Waals surface area contributed by atoms with Gasteiger partial charge in [-0.15, -0.1) is 0 Å². The standard InChI is InChI=1S/C14H17N3OS/c1-10-12(19-14(15-2)17-10)13(18)16-9-8-11-6-4-3-5-7-11/h3-7H,8-9H2,1-2H3,(H,15,17)(H,16,18). The molecule has 0 aliphatic carbocycles. The molecule has 0 aliphatic heterocycles. The normalized spacial score (nSPS) is 10.2. The number of aromatic nitrogens is 1. The van der Waals surface area contributed by atoms with Gasteiger partial charge in [0.25, 0.3) is 5.91 Å². The van der Waals surface area contributed by atoms with Gasteiger partial charge in [0.15, 0.2) is 5.13 Å². The molecule has 100 valence electrons. The maximum Gasteiger partial charge on any atom is 0.263 e. The van der Waals surface area contributed by atoms with Crippen molar-refractivity contribution in [2.75, 3.05) is 18.9 Å². The molecule has 0 spiro atoms. The molecule has 5 heteroatoms. The maximum absolute atomic E-state index is 12.0. The molecule has 2 N–H and O–H groups in total. The van der Waals surface area contributed by atoms with Gasteiger partial charge < -0.3 is 10.6 Å². The molecule has 0 unspecified atom stereocenters. The molecular formula is C14H17N3OS. The van der Waals surface area contributed by atoms with Gasteiger partial charge in [0.05, 0.1) is 5.69 Å². The molecule has 2 aromatic rings. The third-order valence-electron chi connectivity index (χ3n) is 2.76. The summed E-state index contributed by atoms with van der Waals surface area (Å²) in [5.74, 6) is -0.0487. The fourth-order valence-electron chi connectivity index (χ4n) is 1.76. The first-order valence-electron chi connectivity index (χ1n) is 6.18. The molecule has 0 saturated heterocycles. The quantitative estimate of drug-likeness (QED) is 0.881. The van der Waals surface area contributed by atoms with E-state index in [0.717, 1.165) is 17.2 Å². The smallest absolute Gasteiger partial charge is 0.263 e. The number of hydrogen-bond donors (Lipinski definition) is 2. The minimum Gasteiger partial charge on any atom is -0.365 e. The van der Waals surface area contributed by atoms with Crippen LogP contribution in [0.4, 0.5) is 5.13 Å². The van der Waals surface area contributed by atoms with Crippen LogP contribution >= 0.6 is 11.3 Å². The van der Waals surface area contributed by atoms with Crippen molar-refractivity contribution >= 4 is 22.4 Å². The lowest BCUT2D eigenvalue weighted by Crippen LogP contribution is -2.25. The summed E-state index contributed by atoms with van der Waals surface area (Å²) in [6, 6.07) is 10.1. The van der Waals surface area contributed by atoms with E-state index in [4.69, 9.17) is 0 Å². The van der Waals surface area contributed by atoms with Crippen LogP contribution in [0.1, 0.15) is 20.9 Å². The fraction of sp³-hybridized carbons (Fsp3) is 0.286. The Bertz CT molecular complexity index is 551. The van der Waals surface area contributed by atoms with Crippen molar-refractivity contribution in [1.29, 1.82) is 0 Å². The molecule has 0 bridgehead atoms. The van der Waals surface area contributed by atoms with Crippen LogP contribution in [-0.4, -0.2) is 24.5 Å². The molecular weight excluding hydrogens is 258 g/mol. The highest BCUT2D eigenvalue weighted by Gasteiger charge is 2.14. The Kier molecular flexibility index (Phi) is 4.52. The summed E-state index contributed by atoms with van der Waals surface area (Å²) in [7, 11) is 1.80. The summed E-state index contributed by atoms with van der Waals surface area (Å²) in [4.78, 5) is 17.0. The topological polar surface area (TPSA) is 54.0 Å². The number of rotatable bonds is 5. The molecule has 4 nitrogen and oxygen atoms in total. The van der Waals surface area contributed by atoms with E-state index in [-0.39, 0.29) is 5.91 Å². The molecule has 0 fully saturated rings. The van der Waals surface area contributed by atoms with E-state index < -0.39 is 0 Å². The van der Waals surface area contributed by atoms with Gasteiger partial charge in [-0.3, -0.25) is 4.79 Å². The number of carbonyl (C=O) groups excluding carboxylic acids is 1. The van der Waals surface area contributed by atoms with Crippen LogP contribution in [0.2, 0.25) is 0 Å². The number of amides is 1. The van der Waals surface area contributed by atoms with Crippen molar-refractivity contribution in [1.82, 2.24) is 10.3 Å². The van der Waals surface area contributed by atoms with Crippen LogP contribution in [0.3, 0.4) is 0 Å². The Morgan fingerprint density at radius 1 is 1.32 bits per heavy atom. The van der Waals surface area contributed by atoms with Gasteiger partial charge in [0.2, 0.25) is 0 Å². The lowest BCUT2D eigenvalue weighted by atomic mass is 10.1. The average Bonchev–Trinajstić information content (AvgIpc) is 2.81. The highest BCUT2D eigenvalue weighted by atomic mass is 32.1. The van der Waals surface area contributed by atoms with Crippen molar-refractivity contribution in [3.8, 4) is 0 Å². The number of aryl methyl sites for hydroxylation is 1. The van der Waals surface area contributed by atoms with Gasteiger partial charge in [0.1, 0.15) is 4.88 Å². The number of carbonyl (C=O) groups is 1. The van der Waals surface area contributed by atoms with Crippen LogP contribution in [0, 0.1) is 6.92 Å². The number of hydrogen-bond acceptors (Lipinski definition) is 4. The van der Waals surface area contributed by atoms with E-state index in [2.05, 4.69) is 27.8 Å². The Hall–Kier alpha value is -1.88. The Morgan fingerprint density at radius 3 is 2.68 bits per heavy atom. The molecule has 1 aromatic carbocycles. The van der Waals surface area contributed by atoms with E-state index >= 15 is 0 Å². The van der Waals surface area contributed by atoms with Gasteiger partial charge >= 0.3 is 0 Å². The van der Waals surface area contributed by atoms with Crippen LogP contribution in [0.15, 0.2) is 30.3 Å². The van der Waals surface area contributed by atoms with Gasteiger partial charge in [-0.2, -0.15) is 0 Å². The monoisotopic (exact) mass is 275 g/mol. The lowest BCUT2D eigenvalue weighted by Gasteiger charge is -2.04. The Labute approximate surface area is 116 Å². The zero-order valence-corrected chi connectivity index (χ0v) is 11.9. The van der Waals surface area contributed by atoms with Gasteiger partial charge in [0, 0.05) is 13.6 Å². The van der Waals surface area contributed by atoms with E-state index in [1.165, 1.54) is 16.9 Å². The SMILES string of the molecule is CNc1nc(C)c(C(=O)NCCc2ccccc2)s1. The highest BCUT2D eigenvalue weighted by Crippen LogP contribution is 2.21. The predicted octanol–water partition coefficient (Wildman–Crippen LogP) is 2.47. The van der Waals surface area contributed by atoms with Crippen molar-refractivity contribution in [3.05, 3.63) is 46.5 Å². The second kappa shape index (κ2) is 6.33. The summed E-state index contributed by atoms with van der Waals surface area (Å²) in [6.45, 7) is 2.48. The van der Waals surface area contributed by atoms with Crippen molar-refractivity contribution in [3.63, 3.8) is 0 Å². The first-order valence-corrected chi connectivity index (χ1v) is 6.99. The number of nitrogens with zero attached hydrogens (tertiary/aromatic N) is 1. The largest absolute Gasteiger partial charge is 0.365 e. The molecule has 1 heterocycles. The van der Waals surface area contributed by atoms with Gasteiger partial charge in [-0.25, -0.2) is 4.98 Å². The number of nitrogens with one attached hydrogen (secondary N) is 2. The second-order valence-corrected chi connectivity index (χ2v) is 5.17. The lowest BCUT2D eigenvalue weighted by molar-refractivity contribution is 0.0957. The average molecular weight is 275 g/mol. The summed E-state index contributed by atoms with van der Waals surface area (Å²) < 4.78 is 0. The predicted molar refractivity (Wildman–Crippen MR) is 78.9 cm³/mol. The molecule has 0 saturated carbocycles. The third-order valence-corrected chi connectivity index (χ3v) is 3.93. The zero-order valence-electron chi connectivity index (χ0n) is 11.1. The highest BCUT2D eigenvalue weighted by molar-refractivity contribution is 7.17. The van der Waals surface area contributed by atoms with Crippen LogP contribution in [0.25, 0.3) is 0 Å². The fourth-order valence-corrected chi connectivity index (χ4v) is 2.60. The molecule has 2 rings (SSSR count). The maximum atomic E-state index is 12.0. The zero-order chi connectivity index (χ0) is 13.7. The van der Waals surface area contributed by atoms with Gasteiger partial charge in [-0.1, -0.05) is 41.7 Å². The second-order valence-electron chi connectivity index (χ2n) is 4.18.